The van der Waals surface area contributed by atoms with Crippen LogP contribution < -0.4 is 4.74 Å². The molecule has 1 saturated heterocycles. The Morgan fingerprint density at radius 1 is 1.03 bits per heavy atom. The Hall–Kier alpha value is -2.95. The Balaban J connectivity index is 1.74. The van der Waals surface area contributed by atoms with Crippen molar-refractivity contribution in [2.75, 3.05) is 6.61 Å². The summed E-state index contributed by atoms with van der Waals surface area (Å²) >= 11 is 0. The van der Waals surface area contributed by atoms with Crippen LogP contribution in [-0.4, -0.2) is 73.7 Å². The van der Waals surface area contributed by atoms with Crippen molar-refractivity contribution in [3.05, 3.63) is 65.7 Å². The number of phenols is 1. The quantitative estimate of drug-likeness (QED) is 0.221. The topological polar surface area (TPSA) is 157 Å². The van der Waals surface area contributed by atoms with E-state index in [1.165, 1.54) is 12.1 Å². The lowest BCUT2D eigenvalue weighted by Gasteiger charge is -2.39. The standard InChI is InChI=1S/C21H22O9/c22-10-17-18(26)19(27)20(28)21(30-17)29-12-6-7-13(15(24)8-12)16(25)9-14(23)11-4-2-1-3-5-11/h1-9,17-24,26-28H,10H2/b14-9-/t17-,18-,19+,20-,21-/m1/s1. The van der Waals surface area contributed by atoms with E-state index in [-0.39, 0.29) is 17.1 Å². The number of rotatable bonds is 6. The molecule has 0 unspecified atom stereocenters. The summed E-state index contributed by atoms with van der Waals surface area (Å²) in [6.07, 6.45) is -6.35. The van der Waals surface area contributed by atoms with Gasteiger partial charge in [-0.1, -0.05) is 30.3 Å². The average molecular weight is 418 g/mol. The zero-order valence-corrected chi connectivity index (χ0v) is 15.7. The first-order valence-electron chi connectivity index (χ1n) is 9.12. The highest BCUT2D eigenvalue weighted by Crippen LogP contribution is 2.29. The van der Waals surface area contributed by atoms with E-state index in [9.17, 15) is 35.4 Å². The van der Waals surface area contributed by atoms with Gasteiger partial charge in [-0.3, -0.25) is 4.79 Å². The molecule has 0 radical (unpaired) electrons. The predicted molar refractivity (Wildman–Crippen MR) is 104 cm³/mol. The summed E-state index contributed by atoms with van der Waals surface area (Å²) in [6, 6.07) is 12.1. The molecule has 1 fully saturated rings. The minimum Gasteiger partial charge on any atom is -0.507 e. The maximum absolute atomic E-state index is 12.4. The van der Waals surface area contributed by atoms with Gasteiger partial charge in [0.15, 0.2) is 5.78 Å². The third-order valence-corrected chi connectivity index (χ3v) is 4.67. The van der Waals surface area contributed by atoms with Gasteiger partial charge in [0, 0.05) is 17.7 Å². The summed E-state index contributed by atoms with van der Waals surface area (Å²) in [5.41, 5.74) is 0.339. The van der Waals surface area contributed by atoms with Gasteiger partial charge in [0.2, 0.25) is 6.29 Å². The highest BCUT2D eigenvalue weighted by atomic mass is 16.7. The van der Waals surface area contributed by atoms with Crippen LogP contribution in [0.15, 0.2) is 54.6 Å². The first kappa shape index (κ1) is 21.8. The summed E-state index contributed by atoms with van der Waals surface area (Å²) in [7, 11) is 0. The number of aliphatic hydroxyl groups is 5. The molecule has 9 heteroatoms. The minimum absolute atomic E-state index is 0.00430. The molecule has 0 aliphatic carbocycles. The van der Waals surface area contributed by atoms with E-state index in [4.69, 9.17) is 9.47 Å². The highest BCUT2D eigenvalue weighted by molar-refractivity contribution is 6.09. The normalized spacial score (nSPS) is 26.9. The average Bonchev–Trinajstić information content (AvgIpc) is 2.74. The number of allylic oxidation sites excluding steroid dienone is 1. The fourth-order valence-corrected chi connectivity index (χ4v) is 2.99. The van der Waals surface area contributed by atoms with E-state index in [0.717, 1.165) is 12.1 Å². The molecule has 1 aliphatic heterocycles. The van der Waals surface area contributed by atoms with Crippen LogP contribution in [0.5, 0.6) is 11.5 Å². The molecule has 1 heterocycles. The van der Waals surface area contributed by atoms with Crippen LogP contribution in [0.4, 0.5) is 0 Å². The van der Waals surface area contributed by atoms with Crippen molar-refractivity contribution in [2.24, 2.45) is 0 Å². The van der Waals surface area contributed by atoms with Crippen LogP contribution in [0.3, 0.4) is 0 Å². The molecule has 0 aromatic heterocycles. The molecule has 160 valence electrons. The van der Waals surface area contributed by atoms with Gasteiger partial charge in [-0.15, -0.1) is 0 Å². The number of ketones is 1. The molecule has 30 heavy (non-hydrogen) atoms. The van der Waals surface area contributed by atoms with Crippen molar-refractivity contribution in [3.63, 3.8) is 0 Å². The van der Waals surface area contributed by atoms with E-state index < -0.39 is 48.8 Å². The van der Waals surface area contributed by atoms with Gasteiger partial charge in [-0.05, 0) is 12.1 Å². The minimum atomic E-state index is -1.61. The van der Waals surface area contributed by atoms with Crippen LogP contribution >= 0.6 is 0 Å². The Kier molecular flexibility index (Phi) is 6.70. The van der Waals surface area contributed by atoms with Crippen LogP contribution in [0.2, 0.25) is 0 Å². The molecule has 6 N–H and O–H groups in total. The molecule has 0 bridgehead atoms. The fourth-order valence-electron chi connectivity index (χ4n) is 2.99. The number of carbonyl (C=O) groups excluding carboxylic acids is 1. The van der Waals surface area contributed by atoms with Gasteiger partial charge in [0.05, 0.1) is 12.2 Å². The largest absolute Gasteiger partial charge is 0.507 e. The lowest BCUT2D eigenvalue weighted by molar-refractivity contribution is -0.277. The van der Waals surface area contributed by atoms with Crippen molar-refractivity contribution in [1.82, 2.24) is 0 Å². The second kappa shape index (κ2) is 9.24. The van der Waals surface area contributed by atoms with Crippen molar-refractivity contribution in [1.29, 1.82) is 0 Å². The molecule has 1 aliphatic rings. The smallest absolute Gasteiger partial charge is 0.229 e. The maximum atomic E-state index is 12.4. The number of carbonyl (C=O) groups is 1. The summed E-state index contributed by atoms with van der Waals surface area (Å²) in [6.45, 7) is -0.610. The van der Waals surface area contributed by atoms with E-state index >= 15 is 0 Å². The summed E-state index contributed by atoms with van der Waals surface area (Å²) in [5, 5.41) is 59.1. The van der Waals surface area contributed by atoms with Gasteiger partial charge in [-0.2, -0.15) is 0 Å². The van der Waals surface area contributed by atoms with Crippen LogP contribution in [0.25, 0.3) is 5.76 Å². The molecule has 9 nitrogen and oxygen atoms in total. The van der Waals surface area contributed by atoms with Gasteiger partial charge >= 0.3 is 0 Å². The van der Waals surface area contributed by atoms with Crippen molar-refractivity contribution >= 4 is 11.5 Å². The monoisotopic (exact) mass is 418 g/mol. The molecule has 2 aromatic carbocycles. The number of aromatic hydroxyl groups is 1. The molecular formula is C21H22O9. The second-order valence-electron chi connectivity index (χ2n) is 6.75. The van der Waals surface area contributed by atoms with Gasteiger partial charge in [0.1, 0.15) is 41.7 Å². The lowest BCUT2D eigenvalue weighted by atomic mass is 9.99. The molecular weight excluding hydrogens is 396 g/mol. The Labute approximate surface area is 171 Å². The molecule has 5 atom stereocenters. The molecule has 0 spiro atoms. The van der Waals surface area contributed by atoms with Crippen molar-refractivity contribution in [2.45, 2.75) is 30.7 Å². The molecule has 2 aromatic rings. The van der Waals surface area contributed by atoms with Crippen LogP contribution in [0.1, 0.15) is 15.9 Å². The fraction of sp³-hybridized carbons (Fsp3) is 0.286. The zero-order valence-electron chi connectivity index (χ0n) is 15.7. The van der Waals surface area contributed by atoms with Gasteiger partial charge in [-0.25, -0.2) is 0 Å². The van der Waals surface area contributed by atoms with Gasteiger partial charge in [0.25, 0.3) is 0 Å². The zero-order chi connectivity index (χ0) is 21.8. The first-order chi connectivity index (χ1) is 14.3. The third kappa shape index (κ3) is 4.61. The number of aliphatic hydroxyl groups excluding tert-OH is 5. The summed E-state index contributed by atoms with van der Waals surface area (Å²) in [4.78, 5) is 12.4. The number of hydrogen-bond donors (Lipinski definition) is 6. The highest BCUT2D eigenvalue weighted by Gasteiger charge is 2.44. The van der Waals surface area contributed by atoms with Crippen molar-refractivity contribution in [3.8, 4) is 11.5 Å². The molecule has 0 amide bonds. The number of hydrogen-bond acceptors (Lipinski definition) is 9. The molecule has 3 rings (SSSR count). The lowest BCUT2D eigenvalue weighted by Crippen LogP contribution is -2.60. The first-order valence-corrected chi connectivity index (χ1v) is 9.12. The predicted octanol–water partition coefficient (Wildman–Crippen LogP) is 0.353. The van der Waals surface area contributed by atoms with Crippen LogP contribution in [0, 0.1) is 0 Å². The maximum Gasteiger partial charge on any atom is 0.229 e. The Bertz CT molecular complexity index is 910. The Morgan fingerprint density at radius 2 is 1.73 bits per heavy atom. The van der Waals surface area contributed by atoms with E-state index in [2.05, 4.69) is 0 Å². The van der Waals surface area contributed by atoms with Crippen LogP contribution in [-0.2, 0) is 4.74 Å². The van der Waals surface area contributed by atoms with E-state index in [1.54, 1.807) is 30.3 Å². The van der Waals surface area contributed by atoms with Gasteiger partial charge < -0.3 is 40.1 Å². The number of phenolic OH excluding ortho intramolecular Hbond substituents is 1. The van der Waals surface area contributed by atoms with E-state index in [0.29, 0.717) is 5.56 Å². The van der Waals surface area contributed by atoms with Crippen molar-refractivity contribution < 1.29 is 44.9 Å². The SMILES string of the molecule is O=C(/C=C(\O)c1ccccc1)c1ccc(O[C@@H]2O[C@H](CO)[C@@H](O)[C@H](O)[C@H]2O)cc1O. The third-order valence-electron chi connectivity index (χ3n) is 4.67. The summed E-state index contributed by atoms with van der Waals surface area (Å²) in [5.74, 6) is -1.35. The second-order valence-corrected chi connectivity index (χ2v) is 6.75. The summed E-state index contributed by atoms with van der Waals surface area (Å²) < 4.78 is 10.6. The van der Waals surface area contributed by atoms with E-state index in [1.807, 2.05) is 0 Å². The number of benzene rings is 2. The number of ether oxygens (including phenoxy) is 2. The Morgan fingerprint density at radius 3 is 2.37 bits per heavy atom. The molecule has 0 saturated carbocycles.